The molecule has 4 rings (SSSR count). The number of sulfone groups is 1. The number of piperidine rings is 1. The maximum Gasteiger partial charge on any atom is 0.320 e. The van der Waals surface area contributed by atoms with Gasteiger partial charge < -0.3 is 14.5 Å². The van der Waals surface area contributed by atoms with Crippen LogP contribution in [-0.2, 0) is 14.6 Å². The topological polar surface area (TPSA) is 122 Å². The van der Waals surface area contributed by atoms with Gasteiger partial charge in [0, 0.05) is 36.7 Å². The van der Waals surface area contributed by atoms with Crippen molar-refractivity contribution in [3.63, 3.8) is 0 Å². The van der Waals surface area contributed by atoms with Gasteiger partial charge in [0.15, 0.2) is 15.7 Å². The molecule has 32 heavy (non-hydrogen) atoms. The molecule has 3 amide bonds. The zero-order valence-electron chi connectivity index (χ0n) is 17.7. The number of nitrogens with zero attached hydrogens (tertiary/aromatic N) is 4. The van der Waals surface area contributed by atoms with E-state index < -0.39 is 15.9 Å². The number of amides is 3. The van der Waals surface area contributed by atoms with E-state index in [0.717, 1.165) is 35.7 Å². The van der Waals surface area contributed by atoms with Gasteiger partial charge in [-0.05, 0) is 43.5 Å². The summed E-state index contributed by atoms with van der Waals surface area (Å²) in [6.45, 7) is 0.786. The highest BCUT2D eigenvalue weighted by molar-refractivity contribution is 7.91. The van der Waals surface area contributed by atoms with Gasteiger partial charge in [0.1, 0.15) is 11.8 Å². The van der Waals surface area contributed by atoms with Crippen LogP contribution in [0.5, 0.6) is 5.75 Å². The SMILES string of the molecule is COc1ccc(-c2nsc(NC(=O)C3CCCCN3C(=O)N3CCS(=O)(=O)CC3)n2)cc1. The maximum atomic E-state index is 13.0. The molecule has 0 saturated carbocycles. The van der Waals surface area contributed by atoms with Gasteiger partial charge in [0.05, 0.1) is 18.6 Å². The monoisotopic (exact) mass is 479 g/mol. The molecule has 1 unspecified atom stereocenters. The summed E-state index contributed by atoms with van der Waals surface area (Å²) < 4.78 is 32.8. The predicted octanol–water partition coefficient (Wildman–Crippen LogP) is 1.86. The summed E-state index contributed by atoms with van der Waals surface area (Å²) in [4.78, 5) is 33.5. The quantitative estimate of drug-likeness (QED) is 0.710. The highest BCUT2D eigenvalue weighted by atomic mass is 32.2. The van der Waals surface area contributed by atoms with E-state index >= 15 is 0 Å². The second kappa shape index (κ2) is 9.41. The number of anilines is 1. The summed E-state index contributed by atoms with van der Waals surface area (Å²) in [6.07, 6.45) is 2.19. The number of ether oxygens (including phenoxy) is 1. The Hall–Kier alpha value is -2.73. The minimum atomic E-state index is -3.09. The third-order valence-electron chi connectivity index (χ3n) is 5.67. The van der Waals surface area contributed by atoms with E-state index in [-0.39, 0.29) is 36.5 Å². The summed E-state index contributed by atoms with van der Waals surface area (Å²) in [5, 5.41) is 3.16. The lowest BCUT2D eigenvalue weighted by atomic mass is 10.0. The number of carbonyl (C=O) groups is 2. The Labute approximate surface area is 190 Å². The van der Waals surface area contributed by atoms with Crippen molar-refractivity contribution in [3.05, 3.63) is 24.3 Å². The van der Waals surface area contributed by atoms with Crippen LogP contribution in [0.25, 0.3) is 11.4 Å². The van der Waals surface area contributed by atoms with Gasteiger partial charge in [-0.25, -0.2) is 13.2 Å². The van der Waals surface area contributed by atoms with Crippen LogP contribution in [-0.4, -0.2) is 83.8 Å². The number of benzene rings is 1. The first-order valence-corrected chi connectivity index (χ1v) is 13.0. The van der Waals surface area contributed by atoms with Crippen LogP contribution in [0.3, 0.4) is 0 Å². The first kappa shape index (κ1) is 22.5. The Bertz CT molecular complexity index is 1070. The highest BCUT2D eigenvalue weighted by Gasteiger charge is 2.36. The Morgan fingerprint density at radius 2 is 1.84 bits per heavy atom. The molecular weight excluding hydrogens is 454 g/mol. The van der Waals surface area contributed by atoms with Crippen molar-refractivity contribution in [1.82, 2.24) is 19.2 Å². The number of carbonyl (C=O) groups excluding carboxylic acids is 2. The van der Waals surface area contributed by atoms with Crippen molar-refractivity contribution in [2.24, 2.45) is 0 Å². The van der Waals surface area contributed by atoms with Crippen LogP contribution < -0.4 is 10.1 Å². The largest absolute Gasteiger partial charge is 0.497 e. The minimum absolute atomic E-state index is 0.0393. The van der Waals surface area contributed by atoms with Gasteiger partial charge in [-0.1, -0.05) is 0 Å². The Kier molecular flexibility index (Phi) is 6.60. The Morgan fingerprint density at radius 3 is 2.53 bits per heavy atom. The molecule has 1 atom stereocenters. The molecule has 0 spiro atoms. The van der Waals surface area contributed by atoms with Gasteiger partial charge in [0.25, 0.3) is 0 Å². The van der Waals surface area contributed by atoms with E-state index in [2.05, 4.69) is 14.7 Å². The van der Waals surface area contributed by atoms with E-state index in [9.17, 15) is 18.0 Å². The zero-order valence-corrected chi connectivity index (χ0v) is 19.3. The van der Waals surface area contributed by atoms with Gasteiger partial charge in [-0.3, -0.25) is 10.1 Å². The number of urea groups is 1. The molecule has 2 aliphatic heterocycles. The Morgan fingerprint density at radius 1 is 1.12 bits per heavy atom. The highest BCUT2D eigenvalue weighted by Crippen LogP contribution is 2.25. The molecule has 2 aliphatic rings. The smallest absolute Gasteiger partial charge is 0.320 e. The van der Waals surface area contributed by atoms with Crippen molar-refractivity contribution in [2.45, 2.75) is 25.3 Å². The van der Waals surface area contributed by atoms with Crippen molar-refractivity contribution in [3.8, 4) is 17.1 Å². The molecule has 3 heterocycles. The maximum absolute atomic E-state index is 13.0. The summed E-state index contributed by atoms with van der Waals surface area (Å²) in [7, 11) is -1.49. The van der Waals surface area contributed by atoms with Gasteiger partial charge in [-0.2, -0.15) is 9.36 Å². The standard InChI is InChI=1S/C20H25N5O5S2/c1-30-15-7-5-14(6-8-15)17-21-19(31-23-17)22-18(26)16-4-2-3-9-25(16)20(27)24-10-12-32(28,29)13-11-24/h5-8,16H,2-4,9-13H2,1H3,(H,21,22,23,26). The lowest BCUT2D eigenvalue weighted by molar-refractivity contribution is -0.121. The number of hydrogen-bond acceptors (Lipinski definition) is 8. The first-order valence-electron chi connectivity index (χ1n) is 10.4. The fourth-order valence-corrected chi connectivity index (χ4v) is 5.63. The van der Waals surface area contributed by atoms with Crippen LogP contribution >= 0.6 is 11.5 Å². The van der Waals surface area contributed by atoms with E-state index in [1.807, 2.05) is 24.3 Å². The van der Waals surface area contributed by atoms with Crippen molar-refractivity contribution < 1.29 is 22.7 Å². The molecule has 12 heteroatoms. The minimum Gasteiger partial charge on any atom is -0.497 e. The molecule has 0 aliphatic carbocycles. The molecule has 1 aromatic heterocycles. The van der Waals surface area contributed by atoms with E-state index in [0.29, 0.717) is 23.9 Å². The number of likely N-dealkylation sites (tertiary alicyclic amines) is 1. The zero-order chi connectivity index (χ0) is 22.7. The summed E-state index contributed by atoms with van der Waals surface area (Å²) in [5.74, 6) is 0.843. The summed E-state index contributed by atoms with van der Waals surface area (Å²) in [5.41, 5.74) is 0.803. The molecule has 2 saturated heterocycles. The van der Waals surface area contributed by atoms with E-state index in [1.165, 1.54) is 4.90 Å². The van der Waals surface area contributed by atoms with Crippen molar-refractivity contribution in [2.75, 3.05) is 43.6 Å². The first-order chi connectivity index (χ1) is 15.4. The van der Waals surface area contributed by atoms with Crippen molar-refractivity contribution in [1.29, 1.82) is 0 Å². The molecular formula is C20H25N5O5S2. The molecule has 0 radical (unpaired) electrons. The van der Waals surface area contributed by atoms with Crippen LogP contribution in [0.2, 0.25) is 0 Å². The predicted molar refractivity (Wildman–Crippen MR) is 120 cm³/mol. The normalized spacial score (nSPS) is 20.6. The van der Waals surface area contributed by atoms with E-state index in [1.54, 1.807) is 12.0 Å². The second-order valence-corrected chi connectivity index (χ2v) is 10.8. The molecule has 2 aromatic rings. The number of nitrogens with one attached hydrogen (secondary N) is 1. The molecule has 0 bridgehead atoms. The fourth-order valence-electron chi connectivity index (χ4n) is 3.84. The van der Waals surface area contributed by atoms with E-state index in [4.69, 9.17) is 4.74 Å². The van der Waals surface area contributed by atoms with Crippen molar-refractivity contribution >= 4 is 38.4 Å². The summed E-state index contributed by atoms with van der Waals surface area (Å²) >= 11 is 1.08. The van der Waals surface area contributed by atoms with Crippen LogP contribution in [0.15, 0.2) is 24.3 Å². The third kappa shape index (κ3) is 5.01. The molecule has 1 aromatic carbocycles. The average molecular weight is 480 g/mol. The summed E-state index contributed by atoms with van der Waals surface area (Å²) in [6, 6.07) is 6.40. The molecule has 10 nitrogen and oxygen atoms in total. The second-order valence-electron chi connectivity index (χ2n) is 7.77. The lowest BCUT2D eigenvalue weighted by Gasteiger charge is -2.39. The number of aromatic nitrogens is 2. The van der Waals surface area contributed by atoms with Crippen LogP contribution in [0.4, 0.5) is 9.93 Å². The van der Waals surface area contributed by atoms with Gasteiger partial charge >= 0.3 is 6.03 Å². The van der Waals surface area contributed by atoms with Crippen LogP contribution in [0.1, 0.15) is 19.3 Å². The molecule has 2 fully saturated rings. The number of rotatable bonds is 4. The van der Waals surface area contributed by atoms with Gasteiger partial charge in [-0.15, -0.1) is 0 Å². The Balaban J connectivity index is 1.42. The fraction of sp³-hybridized carbons (Fsp3) is 0.500. The molecule has 172 valence electrons. The average Bonchev–Trinajstić information content (AvgIpc) is 3.27. The lowest BCUT2D eigenvalue weighted by Crippen LogP contribution is -2.56. The number of methoxy groups -OCH3 is 1. The third-order valence-corrected chi connectivity index (χ3v) is 7.91. The molecule has 1 N–H and O–H groups in total. The van der Waals surface area contributed by atoms with Gasteiger partial charge in [0.2, 0.25) is 11.0 Å². The van der Waals surface area contributed by atoms with Crippen LogP contribution in [0, 0.1) is 0 Å². The number of hydrogen-bond donors (Lipinski definition) is 1.